The van der Waals surface area contributed by atoms with Gasteiger partial charge < -0.3 is 5.73 Å². The van der Waals surface area contributed by atoms with E-state index in [1.54, 1.807) is 0 Å². The van der Waals surface area contributed by atoms with E-state index in [1.165, 1.54) is 18.2 Å². The average molecular weight is 225 g/mol. The lowest BCUT2D eigenvalue weighted by atomic mass is 9.71. The number of rotatable bonds is 1. The summed E-state index contributed by atoms with van der Waals surface area (Å²) in [6, 6.07) is 3.93. The Morgan fingerprint density at radius 1 is 1.12 bits per heavy atom. The van der Waals surface area contributed by atoms with Crippen LogP contribution >= 0.6 is 0 Å². The highest BCUT2D eigenvalue weighted by atomic mass is 19.1. The van der Waals surface area contributed by atoms with Crippen molar-refractivity contribution < 1.29 is 8.78 Å². The minimum atomic E-state index is -0.886. The zero-order valence-electron chi connectivity index (χ0n) is 9.69. The summed E-state index contributed by atoms with van der Waals surface area (Å²) in [7, 11) is 0. The zero-order valence-corrected chi connectivity index (χ0v) is 9.69. The van der Waals surface area contributed by atoms with Gasteiger partial charge in [-0.1, -0.05) is 26.3 Å². The van der Waals surface area contributed by atoms with E-state index < -0.39 is 17.2 Å². The molecule has 2 N–H and O–H groups in total. The summed E-state index contributed by atoms with van der Waals surface area (Å²) in [5.74, 6) is -1.06. The molecule has 1 saturated carbocycles. The first kappa shape index (κ1) is 11.5. The smallest absolute Gasteiger partial charge is 0.131 e. The summed E-state index contributed by atoms with van der Waals surface area (Å²) in [4.78, 5) is 0. The van der Waals surface area contributed by atoms with E-state index in [2.05, 4.69) is 0 Å². The second kappa shape index (κ2) is 3.52. The minimum Gasteiger partial charge on any atom is -0.321 e. The molecule has 0 aromatic heterocycles. The Bertz CT molecular complexity index is 394. The summed E-state index contributed by atoms with van der Waals surface area (Å²) >= 11 is 0. The van der Waals surface area contributed by atoms with Crippen LogP contribution in [0.4, 0.5) is 8.78 Å². The van der Waals surface area contributed by atoms with Crippen LogP contribution in [0.3, 0.4) is 0 Å². The minimum absolute atomic E-state index is 0.0532. The van der Waals surface area contributed by atoms with Gasteiger partial charge in [0.1, 0.15) is 11.6 Å². The molecular weight excluding hydrogens is 208 g/mol. The van der Waals surface area contributed by atoms with Gasteiger partial charge in [0.2, 0.25) is 0 Å². The van der Waals surface area contributed by atoms with E-state index in [9.17, 15) is 8.78 Å². The quantitative estimate of drug-likeness (QED) is 0.779. The summed E-state index contributed by atoms with van der Waals surface area (Å²) in [6.45, 7) is 3.96. The van der Waals surface area contributed by atoms with Crippen molar-refractivity contribution in [3.63, 3.8) is 0 Å². The zero-order chi connectivity index (χ0) is 12.0. The largest absolute Gasteiger partial charge is 0.321 e. The van der Waals surface area contributed by atoms with Crippen molar-refractivity contribution in [1.82, 2.24) is 0 Å². The highest BCUT2D eigenvalue weighted by Gasteiger charge is 2.49. The van der Waals surface area contributed by atoms with Crippen molar-refractivity contribution in [2.24, 2.45) is 11.1 Å². The molecule has 1 aliphatic carbocycles. The van der Waals surface area contributed by atoms with Crippen molar-refractivity contribution in [3.8, 4) is 0 Å². The lowest BCUT2D eigenvalue weighted by molar-refractivity contribution is 0.197. The molecule has 1 aliphatic rings. The summed E-state index contributed by atoms with van der Waals surface area (Å²) in [6.07, 6.45) is 2.45. The molecule has 1 atom stereocenters. The molecule has 2 rings (SSSR count). The molecule has 0 spiro atoms. The lowest BCUT2D eigenvalue weighted by Gasteiger charge is -2.39. The second-order valence-corrected chi connectivity index (χ2v) is 5.31. The third-order valence-electron chi connectivity index (χ3n) is 3.99. The second-order valence-electron chi connectivity index (χ2n) is 5.31. The molecule has 88 valence electrons. The molecule has 1 aromatic carbocycles. The molecular formula is C13H17F2N. The molecule has 0 heterocycles. The van der Waals surface area contributed by atoms with Crippen molar-refractivity contribution in [1.29, 1.82) is 0 Å². The number of hydrogen-bond acceptors (Lipinski definition) is 1. The normalized spacial score (nSPS) is 28.3. The van der Waals surface area contributed by atoms with Crippen LogP contribution in [-0.2, 0) is 5.54 Å². The molecule has 1 fully saturated rings. The van der Waals surface area contributed by atoms with Gasteiger partial charge in [0.15, 0.2) is 0 Å². The Hall–Kier alpha value is -0.960. The fraction of sp³-hybridized carbons (Fsp3) is 0.538. The first-order valence-electron chi connectivity index (χ1n) is 5.62. The maximum atomic E-state index is 13.8. The van der Waals surface area contributed by atoms with E-state index in [-0.39, 0.29) is 11.0 Å². The maximum Gasteiger partial charge on any atom is 0.131 e. The van der Waals surface area contributed by atoms with Gasteiger partial charge in [-0.25, -0.2) is 8.78 Å². The Morgan fingerprint density at radius 3 is 2.12 bits per heavy atom. The van der Waals surface area contributed by atoms with Crippen molar-refractivity contribution >= 4 is 0 Å². The molecule has 1 nitrogen and oxygen atoms in total. The standard InChI is InChI=1S/C13H17F2N/c1-12(2)7-4-8-13(12,16)11-9(14)5-3-6-10(11)15/h3,5-6H,4,7-8,16H2,1-2H3. The molecule has 3 heteroatoms. The van der Waals surface area contributed by atoms with E-state index in [0.29, 0.717) is 6.42 Å². The third kappa shape index (κ3) is 1.46. The van der Waals surface area contributed by atoms with Crippen LogP contribution in [0.1, 0.15) is 38.7 Å². The van der Waals surface area contributed by atoms with Crippen LogP contribution in [0.25, 0.3) is 0 Å². The monoisotopic (exact) mass is 225 g/mol. The van der Waals surface area contributed by atoms with Crippen LogP contribution in [-0.4, -0.2) is 0 Å². The van der Waals surface area contributed by atoms with Gasteiger partial charge in [-0.05, 0) is 30.4 Å². The van der Waals surface area contributed by atoms with Crippen LogP contribution in [0, 0.1) is 17.0 Å². The Balaban J connectivity index is 2.60. The fourth-order valence-corrected chi connectivity index (χ4v) is 2.76. The van der Waals surface area contributed by atoms with Crippen LogP contribution in [0.5, 0.6) is 0 Å². The molecule has 1 aromatic rings. The van der Waals surface area contributed by atoms with Crippen molar-refractivity contribution in [2.45, 2.75) is 38.6 Å². The number of nitrogens with two attached hydrogens (primary N) is 1. The molecule has 16 heavy (non-hydrogen) atoms. The van der Waals surface area contributed by atoms with Gasteiger partial charge in [0.05, 0.1) is 5.54 Å². The lowest BCUT2D eigenvalue weighted by Crippen LogP contribution is -2.47. The summed E-state index contributed by atoms with van der Waals surface area (Å²) in [5.41, 5.74) is 5.18. The van der Waals surface area contributed by atoms with Crippen molar-refractivity contribution in [3.05, 3.63) is 35.4 Å². The SMILES string of the molecule is CC1(C)CCCC1(N)c1c(F)cccc1F. The molecule has 0 saturated heterocycles. The Kier molecular flexibility index (Phi) is 2.54. The third-order valence-corrected chi connectivity index (χ3v) is 3.99. The molecule has 0 amide bonds. The van der Waals surface area contributed by atoms with Gasteiger partial charge in [-0.2, -0.15) is 0 Å². The highest BCUT2D eigenvalue weighted by molar-refractivity contribution is 5.31. The first-order valence-corrected chi connectivity index (χ1v) is 5.62. The molecule has 0 radical (unpaired) electrons. The molecule has 0 aliphatic heterocycles. The van der Waals surface area contributed by atoms with Crippen molar-refractivity contribution in [2.75, 3.05) is 0 Å². The number of benzene rings is 1. The van der Waals surface area contributed by atoms with E-state index in [4.69, 9.17) is 5.73 Å². The predicted molar refractivity (Wildman–Crippen MR) is 59.9 cm³/mol. The van der Waals surface area contributed by atoms with Gasteiger partial charge in [-0.15, -0.1) is 0 Å². The molecule has 0 bridgehead atoms. The summed E-state index contributed by atoms with van der Waals surface area (Å²) in [5, 5.41) is 0. The van der Waals surface area contributed by atoms with Gasteiger partial charge in [0, 0.05) is 5.56 Å². The Morgan fingerprint density at radius 2 is 1.69 bits per heavy atom. The van der Waals surface area contributed by atoms with Gasteiger partial charge >= 0.3 is 0 Å². The van der Waals surface area contributed by atoms with E-state index >= 15 is 0 Å². The number of halogens is 2. The summed E-state index contributed by atoms with van der Waals surface area (Å²) < 4.78 is 27.5. The van der Waals surface area contributed by atoms with Gasteiger partial charge in [-0.3, -0.25) is 0 Å². The fourth-order valence-electron chi connectivity index (χ4n) is 2.76. The Labute approximate surface area is 94.7 Å². The van der Waals surface area contributed by atoms with Crippen LogP contribution in [0.15, 0.2) is 18.2 Å². The van der Waals surface area contributed by atoms with Crippen LogP contribution in [0.2, 0.25) is 0 Å². The first-order chi connectivity index (χ1) is 7.38. The number of hydrogen-bond donors (Lipinski definition) is 1. The average Bonchev–Trinajstić information content (AvgIpc) is 2.41. The maximum absolute atomic E-state index is 13.8. The highest BCUT2D eigenvalue weighted by Crippen LogP contribution is 2.51. The van der Waals surface area contributed by atoms with E-state index in [0.717, 1.165) is 12.8 Å². The van der Waals surface area contributed by atoms with Gasteiger partial charge in [0.25, 0.3) is 0 Å². The molecule has 1 unspecified atom stereocenters. The van der Waals surface area contributed by atoms with E-state index in [1.807, 2.05) is 13.8 Å². The van der Waals surface area contributed by atoms with Crippen LogP contribution < -0.4 is 5.73 Å². The topological polar surface area (TPSA) is 26.0 Å². The predicted octanol–water partition coefficient (Wildman–Crippen LogP) is 3.33.